The Morgan fingerprint density at radius 3 is 2.27 bits per heavy atom. The van der Waals surface area contributed by atoms with Gasteiger partial charge >= 0.3 is 0 Å². The Hall–Kier alpha value is -2.76. The molecule has 0 saturated carbocycles. The third kappa shape index (κ3) is 6.37. The maximum Gasteiger partial charge on any atom is 0.237 e. The summed E-state index contributed by atoms with van der Waals surface area (Å²) in [6.07, 6.45) is 0.282. The molecule has 0 radical (unpaired) electrons. The number of para-hydroxylation sites is 1. The SMILES string of the molecule is Cc1ccccc1NC(=O)C(C)Sc1ccc(NC(=O)Cc2ccc(Cl)cc2)cc1. The lowest BCUT2D eigenvalue weighted by atomic mass is 10.1. The van der Waals surface area contributed by atoms with E-state index in [1.807, 2.05) is 74.5 Å². The van der Waals surface area contributed by atoms with Crippen LogP contribution >= 0.6 is 23.4 Å². The topological polar surface area (TPSA) is 58.2 Å². The van der Waals surface area contributed by atoms with Gasteiger partial charge in [0.15, 0.2) is 0 Å². The summed E-state index contributed by atoms with van der Waals surface area (Å²) < 4.78 is 0. The molecule has 0 fully saturated rings. The Labute approximate surface area is 186 Å². The maximum absolute atomic E-state index is 12.5. The standard InChI is InChI=1S/C24H23ClN2O2S/c1-16-5-3-4-6-22(16)27-24(29)17(2)30-21-13-11-20(12-14-21)26-23(28)15-18-7-9-19(25)10-8-18/h3-14,17H,15H2,1-2H3,(H,26,28)(H,27,29). The summed E-state index contributed by atoms with van der Waals surface area (Å²) in [6.45, 7) is 3.84. The molecule has 2 N–H and O–H groups in total. The van der Waals surface area contributed by atoms with Gasteiger partial charge in [0, 0.05) is 21.3 Å². The van der Waals surface area contributed by atoms with Gasteiger partial charge in [0.25, 0.3) is 0 Å². The van der Waals surface area contributed by atoms with Gasteiger partial charge in [-0.3, -0.25) is 9.59 Å². The number of halogens is 1. The van der Waals surface area contributed by atoms with Crippen molar-refractivity contribution in [3.05, 3.63) is 88.9 Å². The van der Waals surface area contributed by atoms with Crippen LogP contribution in [0, 0.1) is 6.92 Å². The highest BCUT2D eigenvalue weighted by Gasteiger charge is 2.15. The fraction of sp³-hybridized carbons (Fsp3) is 0.167. The van der Waals surface area contributed by atoms with Crippen LogP contribution in [0.25, 0.3) is 0 Å². The second-order valence-corrected chi connectivity index (χ2v) is 8.79. The molecule has 0 saturated heterocycles. The monoisotopic (exact) mass is 438 g/mol. The van der Waals surface area contributed by atoms with E-state index >= 15 is 0 Å². The lowest BCUT2D eigenvalue weighted by molar-refractivity contribution is -0.116. The molecule has 4 nitrogen and oxygen atoms in total. The highest BCUT2D eigenvalue weighted by Crippen LogP contribution is 2.26. The van der Waals surface area contributed by atoms with Crippen LogP contribution in [0.15, 0.2) is 77.7 Å². The molecule has 3 aromatic carbocycles. The van der Waals surface area contributed by atoms with Crippen LogP contribution in [-0.4, -0.2) is 17.1 Å². The predicted molar refractivity (Wildman–Crippen MR) is 125 cm³/mol. The van der Waals surface area contributed by atoms with Gasteiger partial charge in [-0.15, -0.1) is 11.8 Å². The number of hydrogen-bond donors (Lipinski definition) is 2. The second-order valence-electron chi connectivity index (χ2n) is 6.94. The summed E-state index contributed by atoms with van der Waals surface area (Å²) in [6, 6.07) is 22.4. The highest BCUT2D eigenvalue weighted by atomic mass is 35.5. The van der Waals surface area contributed by atoms with Gasteiger partial charge in [0.2, 0.25) is 11.8 Å². The van der Waals surface area contributed by atoms with Gasteiger partial charge in [0.1, 0.15) is 0 Å². The summed E-state index contributed by atoms with van der Waals surface area (Å²) in [7, 11) is 0. The molecule has 0 aliphatic carbocycles. The third-order valence-electron chi connectivity index (χ3n) is 4.50. The zero-order valence-corrected chi connectivity index (χ0v) is 18.4. The van der Waals surface area contributed by atoms with Crippen molar-refractivity contribution < 1.29 is 9.59 Å². The van der Waals surface area contributed by atoms with Crippen molar-refractivity contribution in [1.82, 2.24) is 0 Å². The molecule has 6 heteroatoms. The largest absolute Gasteiger partial charge is 0.326 e. The van der Waals surface area contributed by atoms with Crippen molar-refractivity contribution in [3.8, 4) is 0 Å². The van der Waals surface area contributed by atoms with E-state index in [0.717, 1.165) is 27.4 Å². The first-order valence-electron chi connectivity index (χ1n) is 9.58. The molecular weight excluding hydrogens is 416 g/mol. The van der Waals surface area contributed by atoms with E-state index in [4.69, 9.17) is 11.6 Å². The van der Waals surface area contributed by atoms with Crippen molar-refractivity contribution in [2.75, 3.05) is 10.6 Å². The Kier molecular flexibility index (Phi) is 7.55. The summed E-state index contributed by atoms with van der Waals surface area (Å²) in [4.78, 5) is 25.7. The summed E-state index contributed by atoms with van der Waals surface area (Å²) in [5, 5.41) is 6.25. The van der Waals surface area contributed by atoms with Crippen molar-refractivity contribution in [1.29, 1.82) is 0 Å². The molecule has 0 bridgehead atoms. The first-order chi connectivity index (χ1) is 14.4. The maximum atomic E-state index is 12.5. The number of nitrogens with one attached hydrogen (secondary N) is 2. The van der Waals surface area contributed by atoms with Crippen LogP contribution in [0.1, 0.15) is 18.1 Å². The molecule has 154 valence electrons. The average molecular weight is 439 g/mol. The molecule has 1 unspecified atom stereocenters. The molecule has 1 atom stereocenters. The zero-order valence-electron chi connectivity index (χ0n) is 16.8. The molecule has 3 rings (SSSR count). The van der Waals surface area contributed by atoms with Crippen LogP contribution < -0.4 is 10.6 Å². The molecule has 0 spiro atoms. The van der Waals surface area contributed by atoms with Crippen LogP contribution in [0.4, 0.5) is 11.4 Å². The quantitative estimate of drug-likeness (QED) is 0.448. The number of thioether (sulfide) groups is 1. The Morgan fingerprint density at radius 2 is 1.60 bits per heavy atom. The fourth-order valence-electron chi connectivity index (χ4n) is 2.81. The number of amides is 2. The van der Waals surface area contributed by atoms with Gasteiger partial charge in [0.05, 0.1) is 11.7 Å². The van der Waals surface area contributed by atoms with E-state index < -0.39 is 0 Å². The minimum Gasteiger partial charge on any atom is -0.326 e. The number of carbonyl (C=O) groups is 2. The molecular formula is C24H23ClN2O2S. The Morgan fingerprint density at radius 1 is 0.933 bits per heavy atom. The number of anilines is 2. The minimum absolute atomic E-state index is 0.0466. The van der Waals surface area contributed by atoms with Gasteiger partial charge in [-0.1, -0.05) is 41.9 Å². The van der Waals surface area contributed by atoms with Crippen LogP contribution in [0.2, 0.25) is 5.02 Å². The van der Waals surface area contributed by atoms with Crippen LogP contribution in [0.5, 0.6) is 0 Å². The fourth-order valence-corrected chi connectivity index (χ4v) is 3.81. The molecule has 0 aromatic heterocycles. The van der Waals surface area contributed by atoms with Crippen LogP contribution in [-0.2, 0) is 16.0 Å². The van der Waals surface area contributed by atoms with E-state index in [0.29, 0.717) is 5.02 Å². The normalized spacial score (nSPS) is 11.6. The zero-order chi connectivity index (χ0) is 21.5. The lowest BCUT2D eigenvalue weighted by Gasteiger charge is -2.14. The minimum atomic E-state index is -0.255. The van der Waals surface area contributed by atoms with Crippen molar-refractivity contribution >= 4 is 46.6 Å². The number of benzene rings is 3. The van der Waals surface area contributed by atoms with Gasteiger partial charge < -0.3 is 10.6 Å². The van der Waals surface area contributed by atoms with E-state index in [1.165, 1.54) is 11.8 Å². The predicted octanol–water partition coefficient (Wildman–Crippen LogP) is 5.95. The molecule has 30 heavy (non-hydrogen) atoms. The van der Waals surface area contributed by atoms with Gasteiger partial charge in [-0.05, 0) is 67.4 Å². The average Bonchev–Trinajstić information content (AvgIpc) is 2.73. The molecule has 0 aliphatic heterocycles. The smallest absolute Gasteiger partial charge is 0.237 e. The Bertz CT molecular complexity index is 1020. The van der Waals surface area contributed by atoms with Crippen molar-refractivity contribution in [2.24, 2.45) is 0 Å². The van der Waals surface area contributed by atoms with E-state index in [-0.39, 0.29) is 23.5 Å². The second kappa shape index (κ2) is 10.3. The van der Waals surface area contributed by atoms with Crippen LogP contribution in [0.3, 0.4) is 0 Å². The highest BCUT2D eigenvalue weighted by molar-refractivity contribution is 8.00. The number of aryl methyl sites for hydroxylation is 1. The van der Waals surface area contributed by atoms with Crippen molar-refractivity contribution in [2.45, 2.75) is 30.4 Å². The van der Waals surface area contributed by atoms with E-state index in [9.17, 15) is 9.59 Å². The lowest BCUT2D eigenvalue weighted by Crippen LogP contribution is -2.22. The first-order valence-corrected chi connectivity index (χ1v) is 10.8. The van der Waals surface area contributed by atoms with E-state index in [2.05, 4.69) is 10.6 Å². The number of carbonyl (C=O) groups excluding carboxylic acids is 2. The molecule has 0 aliphatic rings. The number of rotatable bonds is 7. The summed E-state index contributed by atoms with van der Waals surface area (Å²) >= 11 is 7.34. The Balaban J connectivity index is 1.52. The molecule has 3 aromatic rings. The summed E-state index contributed by atoms with van der Waals surface area (Å²) in [5.74, 6) is -0.140. The molecule has 0 heterocycles. The van der Waals surface area contributed by atoms with Gasteiger partial charge in [-0.2, -0.15) is 0 Å². The third-order valence-corrected chi connectivity index (χ3v) is 5.86. The molecule has 2 amide bonds. The first kappa shape index (κ1) is 21.9. The van der Waals surface area contributed by atoms with E-state index in [1.54, 1.807) is 12.1 Å². The number of hydrogen-bond acceptors (Lipinski definition) is 3. The summed E-state index contributed by atoms with van der Waals surface area (Å²) in [5.41, 5.74) is 3.48. The van der Waals surface area contributed by atoms with Crippen molar-refractivity contribution in [3.63, 3.8) is 0 Å². The van der Waals surface area contributed by atoms with Gasteiger partial charge in [-0.25, -0.2) is 0 Å².